The summed E-state index contributed by atoms with van der Waals surface area (Å²) in [5.41, 5.74) is 1.30. The third-order valence-electron chi connectivity index (χ3n) is 3.78. The Hall–Kier alpha value is -1.98. The van der Waals surface area contributed by atoms with Gasteiger partial charge < -0.3 is 19.5 Å². The minimum atomic E-state index is -0.443. The van der Waals surface area contributed by atoms with Crippen LogP contribution in [0.25, 0.3) is 5.57 Å². The van der Waals surface area contributed by atoms with Gasteiger partial charge in [-0.05, 0) is 45.5 Å². The second kappa shape index (κ2) is 6.49. The Bertz CT molecular complexity index is 748. The van der Waals surface area contributed by atoms with Gasteiger partial charge >= 0.3 is 0 Å². The maximum absolute atomic E-state index is 10.6. The van der Waals surface area contributed by atoms with Gasteiger partial charge in [-0.15, -0.1) is 11.3 Å². The summed E-state index contributed by atoms with van der Waals surface area (Å²) in [5.74, 6) is 1.46. The van der Waals surface area contributed by atoms with Gasteiger partial charge in [-0.2, -0.15) is 0 Å². The standard InChI is InChI=1S/C19H23NO3S/c1-19(2)12-14(17-6-5-9-24-17)18-15(21)10-13(11-16(18)23-19)22-8-7-20(3)4/h5-6,9-12,21H,7-8H2,1-4H3. The summed E-state index contributed by atoms with van der Waals surface area (Å²) >= 11 is 1.65. The molecule has 0 unspecified atom stereocenters. The van der Waals surface area contributed by atoms with Crippen LogP contribution in [0.4, 0.5) is 0 Å². The predicted molar refractivity (Wildman–Crippen MR) is 98.3 cm³/mol. The van der Waals surface area contributed by atoms with Crippen molar-refractivity contribution in [2.75, 3.05) is 27.2 Å². The fourth-order valence-corrected chi connectivity index (χ4v) is 3.46. The van der Waals surface area contributed by atoms with Crippen molar-refractivity contribution in [3.8, 4) is 17.2 Å². The van der Waals surface area contributed by atoms with Gasteiger partial charge in [-0.3, -0.25) is 0 Å². The minimum Gasteiger partial charge on any atom is -0.507 e. The number of phenolic OH excluding ortho intramolecular Hbond substituents is 1. The molecule has 0 spiro atoms. The van der Waals surface area contributed by atoms with Crippen molar-refractivity contribution in [1.82, 2.24) is 4.90 Å². The number of benzene rings is 1. The number of rotatable bonds is 5. The van der Waals surface area contributed by atoms with Crippen molar-refractivity contribution in [3.63, 3.8) is 0 Å². The number of hydrogen-bond acceptors (Lipinski definition) is 5. The molecule has 1 aliphatic rings. The molecule has 1 N–H and O–H groups in total. The number of likely N-dealkylation sites (N-methyl/N-ethyl adjacent to an activating group) is 1. The molecule has 1 aromatic carbocycles. The smallest absolute Gasteiger partial charge is 0.135 e. The van der Waals surface area contributed by atoms with Crippen LogP contribution >= 0.6 is 11.3 Å². The molecule has 5 heteroatoms. The summed E-state index contributed by atoms with van der Waals surface area (Å²) < 4.78 is 11.8. The van der Waals surface area contributed by atoms with Gasteiger partial charge in [0.25, 0.3) is 0 Å². The van der Waals surface area contributed by atoms with Crippen molar-refractivity contribution in [2.24, 2.45) is 0 Å². The lowest BCUT2D eigenvalue weighted by Gasteiger charge is -2.31. The number of nitrogens with zero attached hydrogens (tertiary/aromatic N) is 1. The normalized spacial score (nSPS) is 15.6. The summed E-state index contributed by atoms with van der Waals surface area (Å²) in [7, 11) is 3.99. The van der Waals surface area contributed by atoms with Crippen LogP contribution in [0.5, 0.6) is 17.2 Å². The maximum Gasteiger partial charge on any atom is 0.135 e. The third kappa shape index (κ3) is 3.57. The fourth-order valence-electron chi connectivity index (χ4n) is 2.72. The highest BCUT2D eigenvalue weighted by Crippen LogP contribution is 2.46. The Morgan fingerprint density at radius 1 is 1.29 bits per heavy atom. The van der Waals surface area contributed by atoms with E-state index in [-0.39, 0.29) is 5.75 Å². The number of ether oxygens (including phenoxy) is 2. The Labute approximate surface area is 146 Å². The monoisotopic (exact) mass is 345 g/mol. The second-order valence-corrected chi connectivity index (χ2v) is 7.66. The molecule has 0 atom stereocenters. The summed E-state index contributed by atoms with van der Waals surface area (Å²) in [5, 5.41) is 12.6. The highest BCUT2D eigenvalue weighted by atomic mass is 32.1. The molecule has 1 aromatic heterocycles. The van der Waals surface area contributed by atoms with Crippen LogP contribution in [0.15, 0.2) is 35.7 Å². The summed E-state index contributed by atoms with van der Waals surface area (Å²) in [4.78, 5) is 3.17. The third-order valence-corrected chi connectivity index (χ3v) is 4.69. The van der Waals surface area contributed by atoms with E-state index < -0.39 is 5.60 Å². The Balaban J connectivity index is 1.97. The molecule has 0 saturated heterocycles. The molecule has 0 bridgehead atoms. The van der Waals surface area contributed by atoms with Gasteiger partial charge in [-0.1, -0.05) is 6.07 Å². The average molecular weight is 345 g/mol. The first-order valence-electron chi connectivity index (χ1n) is 7.96. The van der Waals surface area contributed by atoms with Crippen LogP contribution in [0.2, 0.25) is 0 Å². The zero-order valence-corrected chi connectivity index (χ0v) is 15.3. The summed E-state index contributed by atoms with van der Waals surface area (Å²) in [6, 6.07) is 7.60. The van der Waals surface area contributed by atoms with Crippen LogP contribution in [-0.2, 0) is 0 Å². The van der Waals surface area contributed by atoms with Gasteiger partial charge in [0.1, 0.15) is 29.5 Å². The molecular formula is C19H23NO3S. The minimum absolute atomic E-state index is 0.183. The quantitative estimate of drug-likeness (QED) is 0.889. The lowest BCUT2D eigenvalue weighted by molar-refractivity contribution is 0.156. The average Bonchev–Trinajstić information content (AvgIpc) is 2.98. The molecule has 4 nitrogen and oxygen atoms in total. The van der Waals surface area contributed by atoms with E-state index in [1.807, 2.05) is 45.5 Å². The van der Waals surface area contributed by atoms with Gasteiger partial charge in [0, 0.05) is 29.1 Å². The molecule has 128 valence electrons. The van der Waals surface area contributed by atoms with Crippen LogP contribution in [0.1, 0.15) is 24.3 Å². The van der Waals surface area contributed by atoms with E-state index in [1.54, 1.807) is 17.4 Å². The van der Waals surface area contributed by atoms with Crippen molar-refractivity contribution < 1.29 is 14.6 Å². The van der Waals surface area contributed by atoms with Crippen LogP contribution in [0.3, 0.4) is 0 Å². The second-order valence-electron chi connectivity index (χ2n) is 6.71. The molecule has 0 aliphatic carbocycles. The van der Waals surface area contributed by atoms with Crippen molar-refractivity contribution in [3.05, 3.63) is 46.2 Å². The van der Waals surface area contributed by atoms with E-state index >= 15 is 0 Å². The highest BCUT2D eigenvalue weighted by Gasteiger charge is 2.30. The number of thiophene rings is 1. The summed E-state index contributed by atoms with van der Waals surface area (Å²) in [6.07, 6.45) is 2.06. The van der Waals surface area contributed by atoms with E-state index in [4.69, 9.17) is 9.47 Å². The zero-order valence-electron chi connectivity index (χ0n) is 14.5. The molecule has 0 saturated carbocycles. The van der Waals surface area contributed by atoms with Crippen LogP contribution in [0, 0.1) is 0 Å². The van der Waals surface area contributed by atoms with Gasteiger partial charge in [0.2, 0.25) is 0 Å². The number of aromatic hydroxyl groups is 1. The zero-order chi connectivity index (χ0) is 17.3. The predicted octanol–water partition coefficient (Wildman–Crippen LogP) is 4.00. The topological polar surface area (TPSA) is 41.9 Å². The highest BCUT2D eigenvalue weighted by molar-refractivity contribution is 7.11. The first-order valence-corrected chi connectivity index (χ1v) is 8.84. The van der Waals surface area contributed by atoms with Gasteiger partial charge in [-0.25, -0.2) is 0 Å². The van der Waals surface area contributed by atoms with Crippen molar-refractivity contribution in [2.45, 2.75) is 19.4 Å². The lowest BCUT2D eigenvalue weighted by Crippen LogP contribution is -2.29. The maximum atomic E-state index is 10.6. The fraction of sp³-hybridized carbons (Fsp3) is 0.368. The van der Waals surface area contributed by atoms with Crippen molar-refractivity contribution >= 4 is 16.9 Å². The van der Waals surface area contributed by atoms with Gasteiger partial charge in [0.15, 0.2) is 0 Å². The molecular weight excluding hydrogens is 322 g/mol. The number of hydrogen-bond donors (Lipinski definition) is 1. The number of fused-ring (bicyclic) bond motifs is 1. The lowest BCUT2D eigenvalue weighted by atomic mass is 9.93. The molecule has 2 heterocycles. The Morgan fingerprint density at radius 2 is 2.08 bits per heavy atom. The molecule has 0 amide bonds. The molecule has 0 radical (unpaired) electrons. The first kappa shape index (κ1) is 16.9. The van der Waals surface area contributed by atoms with Crippen LogP contribution < -0.4 is 9.47 Å². The molecule has 3 rings (SSSR count). The Kier molecular flexibility index (Phi) is 4.56. The van der Waals surface area contributed by atoms with E-state index in [0.29, 0.717) is 18.1 Å². The van der Waals surface area contributed by atoms with Crippen LogP contribution in [-0.4, -0.2) is 42.9 Å². The van der Waals surface area contributed by atoms with Gasteiger partial charge in [0.05, 0.1) is 5.56 Å². The molecule has 0 fully saturated rings. The Morgan fingerprint density at radius 3 is 2.75 bits per heavy atom. The van der Waals surface area contributed by atoms with Crippen molar-refractivity contribution in [1.29, 1.82) is 0 Å². The first-order chi connectivity index (χ1) is 11.4. The van der Waals surface area contributed by atoms with E-state index in [2.05, 4.69) is 17.0 Å². The molecule has 1 aliphatic heterocycles. The van der Waals surface area contributed by atoms with E-state index in [1.165, 1.54) is 0 Å². The molecule has 24 heavy (non-hydrogen) atoms. The molecule has 2 aromatic rings. The summed E-state index contributed by atoms with van der Waals surface area (Å²) in [6.45, 7) is 5.40. The largest absolute Gasteiger partial charge is 0.507 e. The van der Waals surface area contributed by atoms with E-state index in [9.17, 15) is 5.11 Å². The number of phenols is 1. The SMILES string of the molecule is CN(C)CCOc1cc(O)c2c(c1)OC(C)(C)C=C2c1cccs1. The van der Waals surface area contributed by atoms with E-state index in [0.717, 1.165) is 22.6 Å².